The first-order valence-electron chi connectivity index (χ1n) is 10.1. The summed E-state index contributed by atoms with van der Waals surface area (Å²) in [4.78, 5) is 18.8. The predicted molar refractivity (Wildman–Crippen MR) is 97.6 cm³/mol. The third-order valence-corrected chi connectivity index (χ3v) is 5.75. The summed E-state index contributed by atoms with van der Waals surface area (Å²) in [6.45, 7) is 4.21. The molecule has 3 rings (SSSR count). The van der Waals surface area contributed by atoms with Crippen molar-refractivity contribution in [3.05, 3.63) is 11.7 Å². The standard InChI is InChI=1S/C19H32N4O3/c1-15-21-17(22-26-15)8-11-20-14-19(25)10-5-12-23(18(19)24)13-9-16-6-3-2-4-7-16/h16,20,25H,2-14H2,1H3. The molecule has 0 radical (unpaired) electrons. The molecule has 0 bridgehead atoms. The normalized spacial score (nSPS) is 25.0. The van der Waals surface area contributed by atoms with Crippen LogP contribution in [0.15, 0.2) is 4.52 Å². The first-order chi connectivity index (χ1) is 12.6. The van der Waals surface area contributed by atoms with Gasteiger partial charge < -0.3 is 19.8 Å². The number of hydrogen-bond donors (Lipinski definition) is 2. The minimum absolute atomic E-state index is 0.109. The molecule has 146 valence electrons. The van der Waals surface area contributed by atoms with Gasteiger partial charge in [-0.15, -0.1) is 0 Å². The van der Waals surface area contributed by atoms with Crippen LogP contribution in [-0.4, -0.2) is 57.8 Å². The Hall–Kier alpha value is -1.47. The molecule has 26 heavy (non-hydrogen) atoms. The highest BCUT2D eigenvalue weighted by Crippen LogP contribution is 2.28. The van der Waals surface area contributed by atoms with E-state index in [1.807, 2.05) is 4.90 Å². The summed E-state index contributed by atoms with van der Waals surface area (Å²) in [6, 6.07) is 0. The van der Waals surface area contributed by atoms with Gasteiger partial charge in [0.2, 0.25) is 5.89 Å². The van der Waals surface area contributed by atoms with Crippen LogP contribution in [0.3, 0.4) is 0 Å². The van der Waals surface area contributed by atoms with Crippen molar-refractivity contribution in [3.8, 4) is 0 Å². The Morgan fingerprint density at radius 1 is 1.31 bits per heavy atom. The maximum absolute atomic E-state index is 12.8. The largest absolute Gasteiger partial charge is 0.379 e. The second-order valence-electron chi connectivity index (χ2n) is 7.88. The van der Waals surface area contributed by atoms with Crippen LogP contribution in [0.1, 0.15) is 63.1 Å². The van der Waals surface area contributed by atoms with Crippen LogP contribution < -0.4 is 5.32 Å². The first-order valence-corrected chi connectivity index (χ1v) is 10.1. The van der Waals surface area contributed by atoms with Gasteiger partial charge in [-0.05, 0) is 25.2 Å². The average Bonchev–Trinajstić information content (AvgIpc) is 3.06. The molecule has 1 saturated heterocycles. The lowest BCUT2D eigenvalue weighted by atomic mass is 9.86. The molecule has 1 aliphatic heterocycles. The van der Waals surface area contributed by atoms with Crippen LogP contribution >= 0.6 is 0 Å². The van der Waals surface area contributed by atoms with E-state index in [1.165, 1.54) is 32.1 Å². The number of aromatic nitrogens is 2. The summed E-state index contributed by atoms with van der Waals surface area (Å²) in [5.74, 6) is 1.84. The molecule has 7 heteroatoms. The van der Waals surface area contributed by atoms with Gasteiger partial charge in [0.25, 0.3) is 5.91 Å². The van der Waals surface area contributed by atoms with Crippen LogP contribution in [0.5, 0.6) is 0 Å². The summed E-state index contributed by atoms with van der Waals surface area (Å²) in [5.41, 5.74) is -1.28. The Bertz CT molecular complexity index is 585. The van der Waals surface area contributed by atoms with Gasteiger partial charge in [-0.2, -0.15) is 4.98 Å². The third kappa shape index (κ3) is 5.04. The number of aryl methyl sites for hydroxylation is 1. The van der Waals surface area contributed by atoms with Gasteiger partial charge in [0, 0.05) is 39.5 Å². The molecule has 1 unspecified atom stereocenters. The van der Waals surface area contributed by atoms with E-state index < -0.39 is 5.60 Å². The Balaban J connectivity index is 1.42. The van der Waals surface area contributed by atoms with Gasteiger partial charge in [-0.25, -0.2) is 0 Å². The lowest BCUT2D eigenvalue weighted by Crippen LogP contribution is -2.58. The molecule has 2 fully saturated rings. The number of likely N-dealkylation sites (tertiary alicyclic amines) is 1. The molecule has 1 aromatic heterocycles. The quantitative estimate of drug-likeness (QED) is 0.684. The van der Waals surface area contributed by atoms with Crippen LogP contribution in [0.2, 0.25) is 0 Å². The minimum atomic E-state index is -1.28. The van der Waals surface area contributed by atoms with Crippen molar-refractivity contribution in [3.63, 3.8) is 0 Å². The maximum atomic E-state index is 12.8. The Morgan fingerprint density at radius 2 is 2.12 bits per heavy atom. The number of piperidine rings is 1. The van der Waals surface area contributed by atoms with E-state index in [-0.39, 0.29) is 12.5 Å². The molecule has 1 atom stereocenters. The molecule has 1 aliphatic carbocycles. The number of hydrogen-bond acceptors (Lipinski definition) is 6. The highest BCUT2D eigenvalue weighted by molar-refractivity contribution is 5.86. The van der Waals surface area contributed by atoms with E-state index >= 15 is 0 Å². The molecule has 0 aromatic carbocycles. The molecular formula is C19H32N4O3. The van der Waals surface area contributed by atoms with Gasteiger partial charge in [-0.3, -0.25) is 4.79 Å². The fourth-order valence-electron chi connectivity index (χ4n) is 4.19. The Kier molecular flexibility index (Phi) is 6.64. The Morgan fingerprint density at radius 3 is 2.85 bits per heavy atom. The monoisotopic (exact) mass is 364 g/mol. The third-order valence-electron chi connectivity index (χ3n) is 5.75. The van der Waals surface area contributed by atoms with Gasteiger partial charge in [0.05, 0.1) is 0 Å². The number of rotatable bonds is 8. The SMILES string of the molecule is Cc1nc(CCNCC2(O)CCCN(CCC3CCCCC3)C2=O)no1. The summed E-state index contributed by atoms with van der Waals surface area (Å²) >= 11 is 0. The van der Waals surface area contributed by atoms with E-state index in [4.69, 9.17) is 4.52 Å². The zero-order valence-electron chi connectivity index (χ0n) is 15.9. The summed E-state index contributed by atoms with van der Waals surface area (Å²) in [7, 11) is 0. The molecule has 1 aromatic rings. The molecular weight excluding hydrogens is 332 g/mol. The number of nitrogens with zero attached hydrogens (tertiary/aromatic N) is 3. The molecule has 2 aliphatic rings. The smallest absolute Gasteiger partial charge is 0.255 e. The zero-order valence-corrected chi connectivity index (χ0v) is 15.9. The van der Waals surface area contributed by atoms with Crippen molar-refractivity contribution in [2.24, 2.45) is 5.92 Å². The number of nitrogens with one attached hydrogen (secondary N) is 1. The van der Waals surface area contributed by atoms with E-state index in [0.29, 0.717) is 31.1 Å². The van der Waals surface area contributed by atoms with E-state index in [9.17, 15) is 9.90 Å². The zero-order chi connectivity index (χ0) is 18.4. The minimum Gasteiger partial charge on any atom is -0.379 e. The van der Waals surface area contributed by atoms with Gasteiger partial charge in [0.15, 0.2) is 11.4 Å². The summed E-state index contributed by atoms with van der Waals surface area (Å²) in [5, 5.41) is 17.9. The second-order valence-corrected chi connectivity index (χ2v) is 7.88. The molecule has 1 saturated carbocycles. The van der Waals surface area contributed by atoms with Crippen molar-refractivity contribution >= 4 is 5.91 Å². The number of carbonyl (C=O) groups is 1. The van der Waals surface area contributed by atoms with E-state index in [1.54, 1.807) is 6.92 Å². The summed E-state index contributed by atoms with van der Waals surface area (Å²) < 4.78 is 4.94. The number of carbonyl (C=O) groups excluding carboxylic acids is 1. The van der Waals surface area contributed by atoms with Crippen molar-refractivity contribution in [1.82, 2.24) is 20.4 Å². The van der Waals surface area contributed by atoms with E-state index in [0.717, 1.165) is 31.8 Å². The Labute approximate surface area is 155 Å². The number of amides is 1. The highest BCUT2D eigenvalue weighted by atomic mass is 16.5. The molecule has 0 spiro atoms. The molecule has 1 amide bonds. The topological polar surface area (TPSA) is 91.5 Å². The van der Waals surface area contributed by atoms with Crippen LogP contribution in [-0.2, 0) is 11.2 Å². The van der Waals surface area contributed by atoms with Gasteiger partial charge in [0.1, 0.15) is 0 Å². The number of aliphatic hydroxyl groups is 1. The lowest BCUT2D eigenvalue weighted by molar-refractivity contribution is -0.156. The van der Waals surface area contributed by atoms with E-state index in [2.05, 4.69) is 15.5 Å². The average molecular weight is 364 g/mol. The van der Waals surface area contributed by atoms with Crippen molar-refractivity contribution in [2.45, 2.75) is 70.3 Å². The predicted octanol–water partition coefficient (Wildman–Crippen LogP) is 1.83. The van der Waals surface area contributed by atoms with Crippen LogP contribution in [0, 0.1) is 12.8 Å². The van der Waals surface area contributed by atoms with Gasteiger partial charge in [-0.1, -0.05) is 37.3 Å². The molecule has 2 heterocycles. The molecule has 2 N–H and O–H groups in total. The van der Waals surface area contributed by atoms with Crippen molar-refractivity contribution in [2.75, 3.05) is 26.2 Å². The van der Waals surface area contributed by atoms with Crippen LogP contribution in [0.4, 0.5) is 0 Å². The second kappa shape index (κ2) is 8.95. The summed E-state index contributed by atoms with van der Waals surface area (Å²) in [6.07, 6.45) is 9.68. The fraction of sp³-hybridized carbons (Fsp3) is 0.842. The lowest BCUT2D eigenvalue weighted by Gasteiger charge is -2.39. The fourth-order valence-corrected chi connectivity index (χ4v) is 4.19. The van der Waals surface area contributed by atoms with Crippen molar-refractivity contribution in [1.29, 1.82) is 0 Å². The van der Waals surface area contributed by atoms with Gasteiger partial charge >= 0.3 is 0 Å². The van der Waals surface area contributed by atoms with Crippen molar-refractivity contribution < 1.29 is 14.4 Å². The highest BCUT2D eigenvalue weighted by Gasteiger charge is 2.41. The molecule has 7 nitrogen and oxygen atoms in total. The van der Waals surface area contributed by atoms with Crippen LogP contribution in [0.25, 0.3) is 0 Å². The maximum Gasteiger partial charge on any atom is 0.255 e. The first kappa shape index (κ1) is 19.3.